The van der Waals surface area contributed by atoms with Gasteiger partial charge in [-0.05, 0) is 50.6 Å². The summed E-state index contributed by atoms with van der Waals surface area (Å²) in [6, 6.07) is 7.40. The number of carbonyl (C=O) groups excluding carboxylic acids is 1. The van der Waals surface area contributed by atoms with Gasteiger partial charge in [0.15, 0.2) is 0 Å². The smallest absolute Gasteiger partial charge is 0.237 e. The van der Waals surface area contributed by atoms with E-state index in [0.29, 0.717) is 22.7 Å². The molecule has 0 saturated heterocycles. The van der Waals surface area contributed by atoms with Gasteiger partial charge in [0, 0.05) is 12.1 Å². The van der Waals surface area contributed by atoms with Gasteiger partial charge in [0.1, 0.15) is 16.1 Å². The van der Waals surface area contributed by atoms with Crippen molar-refractivity contribution in [2.24, 2.45) is 0 Å². The number of anilines is 1. The van der Waals surface area contributed by atoms with Gasteiger partial charge in [-0.1, -0.05) is 23.2 Å². The third-order valence-electron chi connectivity index (χ3n) is 4.70. The van der Waals surface area contributed by atoms with Crippen molar-refractivity contribution in [3.8, 4) is 11.4 Å². The van der Waals surface area contributed by atoms with Crippen LogP contribution in [0.25, 0.3) is 22.4 Å². The molecule has 7 heteroatoms. The first kappa shape index (κ1) is 16.4. The highest BCUT2D eigenvalue weighted by Gasteiger charge is 2.43. The van der Waals surface area contributed by atoms with Gasteiger partial charge in [0.2, 0.25) is 5.91 Å². The SMILES string of the molecule is CCN1C(=O)C(C)(C)c2cc3nc(-c4cc(Cl)nc(Cl)c4)[nH]c3cc21. The Hall–Kier alpha value is -2.11. The molecule has 0 aliphatic carbocycles. The lowest BCUT2D eigenvalue weighted by molar-refractivity contribution is -0.122. The number of likely N-dealkylation sites (N-methyl/N-ethyl adjacent to an activating group) is 1. The average Bonchev–Trinajstić information content (AvgIpc) is 3.03. The number of aromatic amines is 1. The second-order valence-corrected chi connectivity index (χ2v) is 7.42. The number of hydrogen-bond donors (Lipinski definition) is 1. The molecule has 128 valence electrons. The molecule has 0 unspecified atom stereocenters. The Morgan fingerprint density at radius 2 is 1.80 bits per heavy atom. The number of benzene rings is 1. The molecule has 1 aromatic carbocycles. The molecule has 1 amide bonds. The van der Waals surface area contributed by atoms with Crippen LogP contribution in [0.2, 0.25) is 10.3 Å². The van der Waals surface area contributed by atoms with Crippen molar-refractivity contribution < 1.29 is 4.79 Å². The first-order valence-corrected chi connectivity index (χ1v) is 8.76. The highest BCUT2D eigenvalue weighted by atomic mass is 35.5. The number of amides is 1. The lowest BCUT2D eigenvalue weighted by Gasteiger charge is -2.18. The number of imidazole rings is 1. The second kappa shape index (κ2) is 5.44. The van der Waals surface area contributed by atoms with Gasteiger partial charge < -0.3 is 9.88 Å². The summed E-state index contributed by atoms with van der Waals surface area (Å²) in [5.74, 6) is 0.780. The maximum Gasteiger partial charge on any atom is 0.237 e. The molecule has 1 aliphatic heterocycles. The second-order valence-electron chi connectivity index (χ2n) is 6.65. The largest absolute Gasteiger partial charge is 0.338 e. The zero-order chi connectivity index (χ0) is 17.9. The fourth-order valence-electron chi connectivity index (χ4n) is 3.38. The Balaban J connectivity index is 1.91. The first-order valence-electron chi connectivity index (χ1n) is 8.01. The maximum absolute atomic E-state index is 12.6. The summed E-state index contributed by atoms with van der Waals surface area (Å²) >= 11 is 12.0. The van der Waals surface area contributed by atoms with Crippen LogP contribution in [0.5, 0.6) is 0 Å². The summed E-state index contributed by atoms with van der Waals surface area (Å²) in [6.07, 6.45) is 0. The van der Waals surface area contributed by atoms with Gasteiger partial charge in [-0.3, -0.25) is 4.79 Å². The lowest BCUT2D eigenvalue weighted by Crippen LogP contribution is -2.35. The molecule has 2 aromatic heterocycles. The molecule has 1 N–H and O–H groups in total. The van der Waals surface area contributed by atoms with E-state index in [2.05, 4.69) is 15.0 Å². The number of rotatable bonds is 2. The van der Waals surface area contributed by atoms with Crippen LogP contribution in [0, 0.1) is 0 Å². The third kappa shape index (κ3) is 2.41. The van der Waals surface area contributed by atoms with Crippen molar-refractivity contribution in [3.05, 3.63) is 40.1 Å². The summed E-state index contributed by atoms with van der Waals surface area (Å²) in [7, 11) is 0. The fraction of sp³-hybridized carbons (Fsp3) is 0.278. The Labute approximate surface area is 155 Å². The standard InChI is InChI=1S/C18H16Cl2N4O/c1-4-24-13-8-12-11(7-10(13)18(2,3)17(24)25)21-16(22-12)9-5-14(19)23-15(20)6-9/h5-8H,4H2,1-3H3,(H,21,22). The summed E-state index contributed by atoms with van der Waals surface area (Å²) in [5, 5.41) is 0.628. The Kier molecular flexibility index (Phi) is 3.56. The fourth-order valence-corrected chi connectivity index (χ4v) is 3.84. The molecule has 1 aliphatic rings. The summed E-state index contributed by atoms with van der Waals surface area (Å²) < 4.78 is 0. The van der Waals surface area contributed by atoms with E-state index in [-0.39, 0.29) is 5.91 Å². The number of halogens is 2. The molecule has 0 saturated carbocycles. The average molecular weight is 375 g/mol. The van der Waals surface area contributed by atoms with Crippen molar-refractivity contribution >= 4 is 45.8 Å². The molecule has 0 radical (unpaired) electrons. The molecule has 3 heterocycles. The molecule has 0 fully saturated rings. The molecule has 0 spiro atoms. The van der Waals surface area contributed by atoms with E-state index >= 15 is 0 Å². The molecular formula is C18H16Cl2N4O. The van der Waals surface area contributed by atoms with Gasteiger partial charge in [0.05, 0.1) is 22.1 Å². The monoisotopic (exact) mass is 374 g/mol. The van der Waals surface area contributed by atoms with Crippen LogP contribution in [-0.2, 0) is 10.2 Å². The van der Waals surface area contributed by atoms with Crippen molar-refractivity contribution in [2.75, 3.05) is 11.4 Å². The Morgan fingerprint density at radius 3 is 2.44 bits per heavy atom. The van der Waals surface area contributed by atoms with Crippen LogP contribution in [-0.4, -0.2) is 27.4 Å². The van der Waals surface area contributed by atoms with Crippen molar-refractivity contribution in [1.29, 1.82) is 0 Å². The number of hydrogen-bond acceptors (Lipinski definition) is 3. The van der Waals surface area contributed by atoms with Crippen LogP contribution in [0.15, 0.2) is 24.3 Å². The normalized spacial score (nSPS) is 15.9. The minimum Gasteiger partial charge on any atom is -0.338 e. The predicted octanol–water partition coefficient (Wildman–Crippen LogP) is 4.58. The number of H-pyrrole nitrogens is 1. The van der Waals surface area contributed by atoms with E-state index in [1.165, 1.54) is 0 Å². The highest BCUT2D eigenvalue weighted by Crippen LogP contribution is 2.43. The lowest BCUT2D eigenvalue weighted by atomic mass is 9.86. The third-order valence-corrected chi connectivity index (χ3v) is 5.08. The molecule has 5 nitrogen and oxygen atoms in total. The van der Waals surface area contributed by atoms with Crippen LogP contribution in [0.3, 0.4) is 0 Å². The molecule has 3 aromatic rings. The van der Waals surface area contributed by atoms with Gasteiger partial charge in [-0.2, -0.15) is 0 Å². The van der Waals surface area contributed by atoms with Gasteiger partial charge in [0.25, 0.3) is 0 Å². The van der Waals surface area contributed by atoms with Crippen molar-refractivity contribution in [1.82, 2.24) is 15.0 Å². The summed E-state index contributed by atoms with van der Waals surface area (Å²) in [4.78, 5) is 26.4. The summed E-state index contributed by atoms with van der Waals surface area (Å²) in [6.45, 7) is 6.52. The van der Waals surface area contributed by atoms with Crippen molar-refractivity contribution in [3.63, 3.8) is 0 Å². The first-order chi connectivity index (χ1) is 11.8. The predicted molar refractivity (Wildman–Crippen MR) is 100 cm³/mol. The molecule has 0 bridgehead atoms. The molecular weight excluding hydrogens is 359 g/mol. The number of carbonyl (C=O) groups is 1. The van der Waals surface area contributed by atoms with Gasteiger partial charge in [-0.15, -0.1) is 0 Å². The van der Waals surface area contributed by atoms with Crippen LogP contribution in [0.1, 0.15) is 26.3 Å². The minimum atomic E-state index is -0.554. The van der Waals surface area contributed by atoms with Crippen LogP contribution < -0.4 is 4.90 Å². The zero-order valence-corrected chi connectivity index (χ0v) is 15.5. The van der Waals surface area contributed by atoms with Gasteiger partial charge >= 0.3 is 0 Å². The van der Waals surface area contributed by atoms with Crippen LogP contribution in [0.4, 0.5) is 5.69 Å². The molecule has 25 heavy (non-hydrogen) atoms. The molecule has 0 atom stereocenters. The van der Waals surface area contributed by atoms with E-state index in [4.69, 9.17) is 23.2 Å². The van der Waals surface area contributed by atoms with Crippen molar-refractivity contribution in [2.45, 2.75) is 26.2 Å². The van der Waals surface area contributed by atoms with E-state index in [1.807, 2.05) is 37.8 Å². The zero-order valence-electron chi connectivity index (χ0n) is 14.0. The number of nitrogens with one attached hydrogen (secondary N) is 1. The van der Waals surface area contributed by atoms with Gasteiger partial charge in [-0.25, -0.2) is 9.97 Å². The summed E-state index contributed by atoms with van der Waals surface area (Å²) in [5.41, 5.74) is 3.81. The van der Waals surface area contributed by atoms with E-state index in [9.17, 15) is 4.79 Å². The van der Waals surface area contributed by atoms with E-state index < -0.39 is 5.41 Å². The maximum atomic E-state index is 12.6. The topological polar surface area (TPSA) is 61.9 Å². The number of nitrogens with zero attached hydrogens (tertiary/aromatic N) is 3. The Bertz CT molecular complexity index is 1010. The van der Waals surface area contributed by atoms with E-state index in [0.717, 1.165) is 27.8 Å². The van der Waals surface area contributed by atoms with Crippen LogP contribution >= 0.6 is 23.2 Å². The highest BCUT2D eigenvalue weighted by molar-refractivity contribution is 6.32. The van der Waals surface area contributed by atoms with E-state index in [1.54, 1.807) is 12.1 Å². The quantitative estimate of drug-likeness (QED) is 0.667. The number of pyridine rings is 1. The number of aromatic nitrogens is 3. The Morgan fingerprint density at radius 1 is 1.12 bits per heavy atom. The number of fused-ring (bicyclic) bond motifs is 2. The minimum absolute atomic E-state index is 0.116. The molecule has 4 rings (SSSR count).